The van der Waals surface area contributed by atoms with Gasteiger partial charge < -0.3 is 9.47 Å². The molecule has 1 amide bonds. The second kappa shape index (κ2) is 9.34. The van der Waals surface area contributed by atoms with Crippen LogP contribution in [0.5, 0.6) is 5.75 Å². The van der Waals surface area contributed by atoms with Crippen molar-refractivity contribution in [2.24, 2.45) is 0 Å². The number of esters is 1. The van der Waals surface area contributed by atoms with E-state index in [2.05, 4.69) is 4.98 Å². The van der Waals surface area contributed by atoms with Crippen LogP contribution in [0.1, 0.15) is 23.7 Å². The summed E-state index contributed by atoms with van der Waals surface area (Å²) in [5.74, 6) is -0.0192. The minimum absolute atomic E-state index is 0.0200. The van der Waals surface area contributed by atoms with Crippen molar-refractivity contribution in [2.45, 2.75) is 27.4 Å². The third-order valence-corrected chi connectivity index (χ3v) is 5.15. The average molecular weight is 410 g/mol. The summed E-state index contributed by atoms with van der Waals surface area (Å²) in [7, 11) is 0. The number of ether oxygens (including phenoxy) is 2. The van der Waals surface area contributed by atoms with E-state index in [-0.39, 0.29) is 19.1 Å². The maximum absolute atomic E-state index is 12.2. The Morgan fingerprint density at radius 1 is 1.07 bits per heavy atom. The van der Waals surface area contributed by atoms with Crippen LogP contribution in [0.2, 0.25) is 0 Å². The highest BCUT2D eigenvalue weighted by Gasteiger charge is 2.19. The van der Waals surface area contributed by atoms with Crippen LogP contribution in [0.3, 0.4) is 0 Å². The van der Waals surface area contributed by atoms with Gasteiger partial charge in [-0.25, -0.2) is 9.78 Å². The predicted molar refractivity (Wildman–Crippen MR) is 113 cm³/mol. The highest BCUT2D eigenvalue weighted by molar-refractivity contribution is 7.14. The van der Waals surface area contributed by atoms with E-state index >= 15 is 0 Å². The second-order valence-electron chi connectivity index (χ2n) is 6.51. The number of hydrogen-bond donors (Lipinski definition) is 0. The van der Waals surface area contributed by atoms with Gasteiger partial charge in [0.05, 0.1) is 11.4 Å². The number of aryl methyl sites for hydroxylation is 2. The van der Waals surface area contributed by atoms with E-state index in [1.165, 1.54) is 18.3 Å². The molecular weight excluding hydrogens is 388 g/mol. The molecule has 0 radical (unpaired) electrons. The molecule has 0 fully saturated rings. The first-order chi connectivity index (χ1) is 13.9. The van der Waals surface area contributed by atoms with Gasteiger partial charge in [-0.05, 0) is 49.2 Å². The first kappa shape index (κ1) is 20.5. The molecule has 0 aliphatic rings. The average Bonchev–Trinajstić information content (AvgIpc) is 3.16. The Morgan fingerprint density at radius 2 is 1.83 bits per heavy atom. The number of thiazole rings is 1. The third kappa shape index (κ3) is 5.42. The van der Waals surface area contributed by atoms with Crippen molar-refractivity contribution in [2.75, 3.05) is 11.5 Å². The first-order valence-electron chi connectivity index (χ1n) is 9.10. The topological polar surface area (TPSA) is 68.7 Å². The monoisotopic (exact) mass is 410 g/mol. The Hall–Kier alpha value is -3.19. The lowest BCUT2D eigenvalue weighted by Gasteiger charge is -2.19. The number of carbonyl (C=O) groups excluding carboxylic acids is 2. The Bertz CT molecular complexity index is 1000. The van der Waals surface area contributed by atoms with E-state index in [4.69, 9.17) is 9.47 Å². The fourth-order valence-corrected chi connectivity index (χ4v) is 3.48. The second-order valence-corrected chi connectivity index (χ2v) is 7.34. The molecule has 1 aromatic heterocycles. The van der Waals surface area contributed by atoms with Crippen molar-refractivity contribution in [1.29, 1.82) is 0 Å². The lowest BCUT2D eigenvalue weighted by atomic mass is 10.1. The minimum atomic E-state index is -0.485. The molecule has 150 valence electrons. The Labute approximate surface area is 173 Å². The van der Waals surface area contributed by atoms with Gasteiger partial charge in [0, 0.05) is 12.3 Å². The van der Waals surface area contributed by atoms with Crippen molar-refractivity contribution in [3.05, 3.63) is 70.7 Å². The first-order valence-corrected chi connectivity index (χ1v) is 9.98. The lowest BCUT2D eigenvalue weighted by molar-refractivity contribution is -0.147. The molecule has 0 unspecified atom stereocenters. The van der Waals surface area contributed by atoms with Gasteiger partial charge in [-0.3, -0.25) is 9.69 Å². The third-order valence-electron chi connectivity index (χ3n) is 4.28. The van der Waals surface area contributed by atoms with Gasteiger partial charge in [0.15, 0.2) is 11.7 Å². The van der Waals surface area contributed by atoms with E-state index in [1.54, 1.807) is 22.4 Å². The summed E-state index contributed by atoms with van der Waals surface area (Å²) in [6.07, 6.45) is 0. The minimum Gasteiger partial charge on any atom is -0.482 e. The van der Waals surface area contributed by atoms with E-state index in [0.717, 1.165) is 16.8 Å². The van der Waals surface area contributed by atoms with E-state index < -0.39 is 5.97 Å². The molecule has 0 N–H and O–H groups in total. The van der Waals surface area contributed by atoms with Gasteiger partial charge in [-0.2, -0.15) is 0 Å². The fraction of sp³-hybridized carbons (Fsp3) is 0.227. The van der Waals surface area contributed by atoms with E-state index in [9.17, 15) is 9.59 Å². The number of amides is 1. The quantitative estimate of drug-likeness (QED) is 0.534. The van der Waals surface area contributed by atoms with Gasteiger partial charge in [0.2, 0.25) is 5.91 Å². The summed E-state index contributed by atoms with van der Waals surface area (Å²) >= 11 is 1.32. The summed E-state index contributed by atoms with van der Waals surface area (Å²) in [6.45, 7) is 5.36. The Morgan fingerprint density at radius 3 is 2.52 bits per heavy atom. The van der Waals surface area contributed by atoms with E-state index in [0.29, 0.717) is 16.6 Å². The summed E-state index contributed by atoms with van der Waals surface area (Å²) in [6, 6.07) is 14.9. The SMILES string of the molecule is CC(=O)N(c1ccc(C)c(C)c1)c1nc(COC(=O)COc2ccccc2)cs1. The number of carbonyl (C=O) groups is 2. The molecule has 7 heteroatoms. The largest absolute Gasteiger partial charge is 0.482 e. The molecule has 0 aliphatic heterocycles. The van der Waals surface area contributed by atoms with Crippen LogP contribution in [-0.2, 0) is 20.9 Å². The summed E-state index contributed by atoms with van der Waals surface area (Å²) in [5.41, 5.74) is 3.59. The molecule has 0 bridgehead atoms. The van der Waals surface area contributed by atoms with Gasteiger partial charge in [-0.15, -0.1) is 11.3 Å². The highest BCUT2D eigenvalue weighted by Crippen LogP contribution is 2.30. The molecule has 0 saturated carbocycles. The van der Waals surface area contributed by atoms with Crippen LogP contribution in [0, 0.1) is 13.8 Å². The number of aromatic nitrogens is 1. The molecule has 0 aliphatic carbocycles. The van der Waals surface area contributed by atoms with E-state index in [1.807, 2.05) is 50.2 Å². The zero-order valence-corrected chi connectivity index (χ0v) is 17.4. The normalized spacial score (nSPS) is 10.4. The summed E-state index contributed by atoms with van der Waals surface area (Å²) < 4.78 is 10.6. The van der Waals surface area contributed by atoms with Crippen molar-refractivity contribution in [3.8, 4) is 5.75 Å². The van der Waals surface area contributed by atoms with Gasteiger partial charge in [-0.1, -0.05) is 24.3 Å². The maximum Gasteiger partial charge on any atom is 0.344 e. The highest BCUT2D eigenvalue weighted by atomic mass is 32.1. The van der Waals surface area contributed by atoms with Crippen molar-refractivity contribution in [1.82, 2.24) is 4.98 Å². The fourth-order valence-electron chi connectivity index (χ4n) is 2.61. The zero-order chi connectivity index (χ0) is 20.8. The van der Waals surface area contributed by atoms with Crippen LogP contribution in [0.25, 0.3) is 0 Å². The molecule has 6 nitrogen and oxygen atoms in total. The molecule has 1 heterocycles. The summed E-state index contributed by atoms with van der Waals surface area (Å²) in [5, 5.41) is 2.31. The predicted octanol–water partition coefficient (Wildman–Crippen LogP) is 4.57. The van der Waals surface area contributed by atoms with Crippen LogP contribution in [0.15, 0.2) is 53.9 Å². The summed E-state index contributed by atoms with van der Waals surface area (Å²) in [4.78, 5) is 30.1. The van der Waals surface area contributed by atoms with Crippen LogP contribution >= 0.6 is 11.3 Å². The van der Waals surface area contributed by atoms with Gasteiger partial charge in [0.25, 0.3) is 0 Å². The van der Waals surface area contributed by atoms with Crippen molar-refractivity contribution >= 4 is 34.0 Å². The Kier molecular flexibility index (Phi) is 6.61. The molecule has 0 atom stereocenters. The molecule has 2 aromatic carbocycles. The number of nitrogens with zero attached hydrogens (tertiary/aromatic N) is 2. The lowest BCUT2D eigenvalue weighted by Crippen LogP contribution is -2.22. The van der Waals surface area contributed by atoms with Crippen molar-refractivity contribution in [3.63, 3.8) is 0 Å². The standard InChI is InChI=1S/C22H22N2O4S/c1-15-9-10-19(11-16(15)2)24(17(3)25)22-23-18(14-29-22)12-28-21(26)13-27-20-7-5-4-6-8-20/h4-11,14H,12-13H2,1-3H3. The molecule has 3 aromatic rings. The maximum atomic E-state index is 12.2. The molecular formula is C22H22N2O4S. The van der Waals surface area contributed by atoms with Gasteiger partial charge in [0.1, 0.15) is 12.4 Å². The van der Waals surface area contributed by atoms with Crippen LogP contribution < -0.4 is 9.64 Å². The molecule has 29 heavy (non-hydrogen) atoms. The molecule has 0 spiro atoms. The Balaban J connectivity index is 1.61. The number of anilines is 2. The number of benzene rings is 2. The molecule has 3 rings (SSSR count). The zero-order valence-electron chi connectivity index (χ0n) is 16.5. The number of hydrogen-bond acceptors (Lipinski definition) is 6. The molecule has 0 saturated heterocycles. The number of para-hydroxylation sites is 1. The van der Waals surface area contributed by atoms with Crippen molar-refractivity contribution < 1.29 is 19.1 Å². The smallest absolute Gasteiger partial charge is 0.344 e. The van der Waals surface area contributed by atoms with Crippen LogP contribution in [-0.4, -0.2) is 23.5 Å². The van der Waals surface area contributed by atoms with Gasteiger partial charge >= 0.3 is 5.97 Å². The van der Waals surface area contributed by atoms with Crippen LogP contribution in [0.4, 0.5) is 10.8 Å². The number of rotatable bonds is 7.